The van der Waals surface area contributed by atoms with E-state index in [1.165, 1.54) is 30.1 Å². The monoisotopic (exact) mass is 349 g/mol. The standard InChI is InChI=1S/C15H15N3O5S/c1-8-9(14(19)10-7-16-18(2)15(10)20)3-4-12(24(21)22)13(8)11-5-6-23-17-11/h3-4,7,20,24H,5-6H2,1-2H3. The molecule has 1 aliphatic rings. The lowest BCUT2D eigenvalue weighted by Gasteiger charge is -2.12. The average Bonchev–Trinajstić information content (AvgIpc) is 3.17. The van der Waals surface area contributed by atoms with Crippen LogP contribution in [0.2, 0.25) is 0 Å². The first kappa shape index (κ1) is 16.2. The average molecular weight is 349 g/mol. The summed E-state index contributed by atoms with van der Waals surface area (Å²) in [7, 11) is -1.34. The van der Waals surface area contributed by atoms with Gasteiger partial charge in [0.2, 0.25) is 5.88 Å². The molecule has 0 saturated carbocycles. The van der Waals surface area contributed by atoms with Gasteiger partial charge in [0.05, 0.1) is 16.8 Å². The Morgan fingerprint density at radius 1 is 1.33 bits per heavy atom. The summed E-state index contributed by atoms with van der Waals surface area (Å²) in [6, 6.07) is 2.81. The molecular formula is C15H15N3O5S. The number of rotatable bonds is 4. The summed E-state index contributed by atoms with van der Waals surface area (Å²) in [5, 5.41) is 17.6. The fourth-order valence-corrected chi connectivity index (χ4v) is 3.35. The second-order valence-electron chi connectivity index (χ2n) is 5.35. The second-order valence-corrected chi connectivity index (χ2v) is 6.34. The van der Waals surface area contributed by atoms with Gasteiger partial charge in [-0.1, -0.05) is 5.16 Å². The van der Waals surface area contributed by atoms with Crippen LogP contribution >= 0.6 is 0 Å². The van der Waals surface area contributed by atoms with Crippen molar-refractivity contribution in [3.05, 3.63) is 40.6 Å². The lowest BCUT2D eigenvalue weighted by Crippen LogP contribution is -2.11. The molecule has 126 valence electrons. The molecule has 8 nitrogen and oxygen atoms in total. The van der Waals surface area contributed by atoms with Crippen LogP contribution < -0.4 is 0 Å². The molecule has 2 heterocycles. The topological polar surface area (TPSA) is 111 Å². The zero-order valence-corrected chi connectivity index (χ0v) is 13.9. The zero-order valence-electron chi connectivity index (χ0n) is 13.0. The first-order chi connectivity index (χ1) is 11.4. The van der Waals surface area contributed by atoms with Gasteiger partial charge in [-0.3, -0.25) is 4.79 Å². The third-order valence-electron chi connectivity index (χ3n) is 3.93. The van der Waals surface area contributed by atoms with Crippen LogP contribution in [-0.2, 0) is 22.6 Å². The van der Waals surface area contributed by atoms with Gasteiger partial charge in [0.1, 0.15) is 12.2 Å². The Morgan fingerprint density at radius 3 is 2.62 bits per heavy atom. The third-order valence-corrected chi connectivity index (χ3v) is 4.70. The van der Waals surface area contributed by atoms with Gasteiger partial charge in [-0.2, -0.15) is 5.10 Å². The van der Waals surface area contributed by atoms with Gasteiger partial charge in [-0.25, -0.2) is 13.1 Å². The minimum absolute atomic E-state index is 0.0513. The van der Waals surface area contributed by atoms with E-state index in [4.69, 9.17) is 4.84 Å². The zero-order chi connectivity index (χ0) is 17.4. The van der Waals surface area contributed by atoms with E-state index in [0.717, 1.165) is 0 Å². The highest BCUT2D eigenvalue weighted by Gasteiger charge is 2.25. The van der Waals surface area contributed by atoms with E-state index < -0.39 is 16.5 Å². The van der Waals surface area contributed by atoms with Crippen LogP contribution in [0.1, 0.15) is 33.5 Å². The number of hydrogen-bond acceptors (Lipinski definition) is 7. The Labute approximate surface area is 139 Å². The molecule has 0 saturated heterocycles. The van der Waals surface area contributed by atoms with Crippen molar-refractivity contribution in [3.8, 4) is 5.88 Å². The van der Waals surface area contributed by atoms with Crippen LogP contribution in [0.15, 0.2) is 28.4 Å². The van der Waals surface area contributed by atoms with Crippen LogP contribution in [0, 0.1) is 6.92 Å². The number of nitrogens with zero attached hydrogens (tertiary/aromatic N) is 3. The first-order valence-corrected chi connectivity index (χ1v) is 8.32. The van der Waals surface area contributed by atoms with Gasteiger partial charge < -0.3 is 9.94 Å². The van der Waals surface area contributed by atoms with Gasteiger partial charge in [-0.05, 0) is 24.6 Å². The summed E-state index contributed by atoms with van der Waals surface area (Å²) >= 11 is 0. The SMILES string of the molecule is Cc1c(C(=O)c2cnn(C)c2O)ccc([SH](=O)=O)c1C1=NOCC1. The van der Waals surface area contributed by atoms with E-state index in [-0.39, 0.29) is 21.9 Å². The fraction of sp³-hybridized carbons (Fsp3) is 0.267. The maximum atomic E-state index is 12.7. The lowest BCUT2D eigenvalue weighted by molar-refractivity contribution is 0.103. The molecule has 0 radical (unpaired) electrons. The molecule has 0 atom stereocenters. The number of ketones is 1. The van der Waals surface area contributed by atoms with Crippen LogP contribution in [0.5, 0.6) is 5.88 Å². The quantitative estimate of drug-likeness (QED) is 0.623. The molecule has 2 aromatic rings. The number of thiol groups is 1. The summed E-state index contributed by atoms with van der Waals surface area (Å²) in [6.45, 7) is 2.02. The van der Waals surface area contributed by atoms with Crippen molar-refractivity contribution in [2.45, 2.75) is 18.2 Å². The normalized spacial score (nSPS) is 13.9. The summed E-state index contributed by atoms with van der Waals surface area (Å²) in [5.41, 5.74) is 1.69. The molecule has 0 fully saturated rings. The maximum Gasteiger partial charge on any atom is 0.220 e. The molecule has 1 aromatic heterocycles. The van der Waals surface area contributed by atoms with Gasteiger partial charge in [0.25, 0.3) is 0 Å². The van der Waals surface area contributed by atoms with E-state index in [0.29, 0.717) is 29.9 Å². The molecule has 0 aliphatic carbocycles. The van der Waals surface area contributed by atoms with Crippen LogP contribution in [-0.4, -0.2) is 41.4 Å². The predicted molar refractivity (Wildman–Crippen MR) is 85.2 cm³/mol. The Bertz CT molecular complexity index is 935. The van der Waals surface area contributed by atoms with Crippen molar-refractivity contribution in [1.29, 1.82) is 0 Å². The maximum absolute atomic E-state index is 12.7. The smallest absolute Gasteiger partial charge is 0.220 e. The van der Waals surface area contributed by atoms with Gasteiger partial charge in [0.15, 0.2) is 16.5 Å². The van der Waals surface area contributed by atoms with E-state index in [2.05, 4.69) is 10.3 Å². The Morgan fingerprint density at radius 2 is 2.08 bits per heavy atom. The summed E-state index contributed by atoms with van der Waals surface area (Å²) in [5.74, 6) is -0.687. The number of carbonyl (C=O) groups excluding carboxylic acids is 1. The molecule has 24 heavy (non-hydrogen) atoms. The number of aromatic hydroxyl groups is 1. The molecule has 1 aliphatic heterocycles. The number of aromatic nitrogens is 2. The Kier molecular flexibility index (Phi) is 4.10. The third kappa shape index (κ3) is 2.56. The number of hydrogen-bond donors (Lipinski definition) is 2. The fourth-order valence-electron chi connectivity index (χ4n) is 2.68. The second kappa shape index (κ2) is 6.08. The highest BCUT2D eigenvalue weighted by Crippen LogP contribution is 2.27. The van der Waals surface area contributed by atoms with Crippen molar-refractivity contribution in [2.75, 3.05) is 6.61 Å². The minimum atomic E-state index is -2.85. The van der Waals surface area contributed by atoms with E-state index in [9.17, 15) is 18.3 Å². The highest BCUT2D eigenvalue weighted by atomic mass is 32.2. The summed E-state index contributed by atoms with van der Waals surface area (Å²) < 4.78 is 24.3. The van der Waals surface area contributed by atoms with Crippen molar-refractivity contribution in [1.82, 2.24) is 9.78 Å². The Balaban J connectivity index is 2.18. The predicted octanol–water partition coefficient (Wildman–Crippen LogP) is 0.760. The van der Waals surface area contributed by atoms with E-state index in [1.807, 2.05) is 0 Å². The Hall–Kier alpha value is -2.68. The van der Waals surface area contributed by atoms with Gasteiger partial charge >= 0.3 is 0 Å². The van der Waals surface area contributed by atoms with E-state index in [1.54, 1.807) is 6.92 Å². The molecule has 0 unspecified atom stereocenters. The van der Waals surface area contributed by atoms with Crippen molar-refractivity contribution >= 4 is 22.2 Å². The van der Waals surface area contributed by atoms with Crippen LogP contribution in [0.4, 0.5) is 0 Å². The molecule has 1 aromatic carbocycles. The molecule has 9 heteroatoms. The number of oxime groups is 1. The number of carbonyl (C=O) groups is 1. The molecule has 0 spiro atoms. The lowest BCUT2D eigenvalue weighted by atomic mass is 9.93. The number of benzene rings is 1. The molecular weight excluding hydrogens is 334 g/mol. The van der Waals surface area contributed by atoms with Crippen LogP contribution in [0.25, 0.3) is 0 Å². The minimum Gasteiger partial charge on any atom is -0.493 e. The highest BCUT2D eigenvalue weighted by molar-refractivity contribution is 7.72. The van der Waals surface area contributed by atoms with Gasteiger partial charge in [0, 0.05) is 24.6 Å². The van der Waals surface area contributed by atoms with Crippen molar-refractivity contribution in [2.24, 2.45) is 12.2 Å². The molecule has 3 rings (SSSR count). The largest absolute Gasteiger partial charge is 0.493 e. The summed E-state index contributed by atoms with van der Waals surface area (Å²) in [6.07, 6.45) is 1.74. The van der Waals surface area contributed by atoms with E-state index >= 15 is 0 Å². The molecule has 0 bridgehead atoms. The molecule has 0 amide bonds. The van der Waals surface area contributed by atoms with Gasteiger partial charge in [-0.15, -0.1) is 0 Å². The first-order valence-electron chi connectivity index (χ1n) is 7.14. The molecule has 1 N–H and O–H groups in total. The number of aryl methyl sites for hydroxylation is 1. The summed E-state index contributed by atoms with van der Waals surface area (Å²) in [4.78, 5) is 17.8. The van der Waals surface area contributed by atoms with Crippen molar-refractivity contribution < 1.29 is 23.2 Å². The van der Waals surface area contributed by atoms with Crippen molar-refractivity contribution in [3.63, 3.8) is 0 Å². The van der Waals surface area contributed by atoms with Crippen LogP contribution in [0.3, 0.4) is 0 Å².